The van der Waals surface area contributed by atoms with E-state index in [0.29, 0.717) is 11.9 Å². The van der Waals surface area contributed by atoms with E-state index >= 15 is 0 Å². The highest BCUT2D eigenvalue weighted by Crippen LogP contribution is 2.40. The number of rotatable bonds is 7. The highest BCUT2D eigenvalue weighted by atomic mass is 79.9. The van der Waals surface area contributed by atoms with Crippen LogP contribution in [0.1, 0.15) is 67.8 Å². The number of hydrogen-bond donors (Lipinski definition) is 3. The van der Waals surface area contributed by atoms with Crippen LogP contribution in [0.15, 0.2) is 53.1 Å². The fourth-order valence-corrected chi connectivity index (χ4v) is 6.84. The molecule has 1 aromatic heterocycles. The first-order valence-electron chi connectivity index (χ1n) is 14.6. The van der Waals surface area contributed by atoms with Gasteiger partial charge in [0.2, 0.25) is 17.8 Å². The Balaban J connectivity index is 1.07. The van der Waals surface area contributed by atoms with Gasteiger partial charge in [-0.3, -0.25) is 9.59 Å². The molecule has 3 aromatic rings. The Morgan fingerprint density at radius 1 is 1.10 bits per heavy atom. The lowest BCUT2D eigenvalue weighted by Gasteiger charge is -2.33. The molecular weight excluding hydrogens is 580 g/mol. The molecule has 2 saturated heterocycles. The molecule has 0 bridgehead atoms. The number of benzene rings is 2. The van der Waals surface area contributed by atoms with Crippen molar-refractivity contribution in [3.8, 4) is 0 Å². The molecule has 3 N–H and O–H groups in total. The fraction of sp³-hybridized carbons (Fsp3) is 0.438. The highest BCUT2D eigenvalue weighted by Gasteiger charge is 2.39. The molecule has 3 aliphatic rings. The molecule has 9 heteroatoms. The van der Waals surface area contributed by atoms with E-state index in [4.69, 9.17) is 4.98 Å². The van der Waals surface area contributed by atoms with Crippen LogP contribution in [-0.2, 0) is 27.8 Å². The summed E-state index contributed by atoms with van der Waals surface area (Å²) in [7, 11) is 0. The largest absolute Gasteiger partial charge is 0.341 e. The van der Waals surface area contributed by atoms with Gasteiger partial charge in [-0.25, -0.2) is 9.97 Å². The Hall–Kier alpha value is -3.30. The van der Waals surface area contributed by atoms with Crippen molar-refractivity contribution in [2.45, 2.75) is 69.7 Å². The molecule has 214 valence electrons. The maximum atomic E-state index is 12.7. The van der Waals surface area contributed by atoms with Gasteiger partial charge in [-0.2, -0.15) is 0 Å². The maximum Gasteiger partial charge on any atom is 0.239 e. The lowest BCUT2D eigenvalue weighted by molar-refractivity contribution is -0.134. The molecule has 1 atom stereocenters. The van der Waals surface area contributed by atoms with Gasteiger partial charge in [0, 0.05) is 30.7 Å². The molecule has 41 heavy (non-hydrogen) atoms. The lowest BCUT2D eigenvalue weighted by Crippen LogP contribution is -2.46. The number of nitrogens with zero attached hydrogens (tertiary/aromatic N) is 3. The second kappa shape index (κ2) is 11.5. The number of nitrogens with one attached hydrogen (secondary N) is 3. The van der Waals surface area contributed by atoms with Gasteiger partial charge >= 0.3 is 0 Å². The van der Waals surface area contributed by atoms with Crippen molar-refractivity contribution >= 4 is 45.1 Å². The third kappa shape index (κ3) is 5.75. The van der Waals surface area contributed by atoms with Crippen molar-refractivity contribution in [2.24, 2.45) is 0 Å². The molecule has 2 amide bonds. The minimum absolute atomic E-state index is 0.0208. The van der Waals surface area contributed by atoms with E-state index in [1.807, 2.05) is 30.9 Å². The van der Waals surface area contributed by atoms with E-state index in [2.05, 4.69) is 67.2 Å². The number of carbonyl (C=O) groups excluding carboxylic acids is 2. The van der Waals surface area contributed by atoms with Crippen LogP contribution >= 0.6 is 15.9 Å². The van der Waals surface area contributed by atoms with Gasteiger partial charge in [0.15, 0.2) is 0 Å². The number of carbonyl (C=O) groups is 2. The van der Waals surface area contributed by atoms with Crippen LogP contribution in [0, 0.1) is 0 Å². The first kappa shape index (κ1) is 27.8. The molecule has 0 spiro atoms. The Labute approximate surface area is 249 Å². The van der Waals surface area contributed by atoms with Gasteiger partial charge in [-0.1, -0.05) is 24.3 Å². The van der Waals surface area contributed by atoms with Crippen molar-refractivity contribution in [1.82, 2.24) is 20.2 Å². The number of aryl methyl sites for hydroxylation is 2. The fourth-order valence-electron chi connectivity index (χ4n) is 6.45. The van der Waals surface area contributed by atoms with E-state index in [1.54, 1.807) is 6.20 Å². The Bertz CT molecular complexity index is 1440. The molecule has 4 heterocycles. The third-order valence-electron chi connectivity index (χ3n) is 8.84. The summed E-state index contributed by atoms with van der Waals surface area (Å²) < 4.78 is 0.868. The number of halogens is 1. The van der Waals surface area contributed by atoms with Crippen molar-refractivity contribution < 1.29 is 9.59 Å². The number of fused-ring (bicyclic) bond motifs is 1. The molecule has 2 aromatic carbocycles. The predicted octanol–water partition coefficient (Wildman–Crippen LogP) is 5.46. The van der Waals surface area contributed by atoms with E-state index in [0.717, 1.165) is 90.8 Å². The van der Waals surface area contributed by atoms with Crippen LogP contribution in [-0.4, -0.2) is 52.4 Å². The van der Waals surface area contributed by atoms with Crippen molar-refractivity contribution in [3.05, 3.63) is 75.5 Å². The Morgan fingerprint density at radius 2 is 1.88 bits per heavy atom. The molecule has 1 unspecified atom stereocenters. The van der Waals surface area contributed by atoms with Crippen LogP contribution in [0.5, 0.6) is 0 Å². The van der Waals surface area contributed by atoms with E-state index in [-0.39, 0.29) is 17.9 Å². The summed E-state index contributed by atoms with van der Waals surface area (Å²) >= 11 is 3.62. The summed E-state index contributed by atoms with van der Waals surface area (Å²) in [4.78, 5) is 36.5. The van der Waals surface area contributed by atoms with E-state index in [1.165, 1.54) is 5.56 Å². The van der Waals surface area contributed by atoms with Crippen molar-refractivity contribution in [2.75, 3.05) is 30.3 Å². The molecular formula is C32H37BrN6O2. The third-order valence-corrected chi connectivity index (χ3v) is 9.51. The van der Waals surface area contributed by atoms with Gasteiger partial charge in [-0.05, 0) is 116 Å². The molecule has 2 fully saturated rings. The topological polar surface area (TPSA) is 99.3 Å². The quantitative estimate of drug-likeness (QED) is 0.326. The number of aromatic nitrogens is 2. The normalized spacial score (nSPS) is 20.1. The summed E-state index contributed by atoms with van der Waals surface area (Å²) in [5, 5.41) is 9.70. The number of anilines is 3. The maximum absolute atomic E-state index is 12.7. The van der Waals surface area contributed by atoms with Crippen LogP contribution in [0.4, 0.5) is 17.3 Å². The first-order valence-corrected chi connectivity index (χ1v) is 15.4. The van der Waals surface area contributed by atoms with Gasteiger partial charge in [-0.15, -0.1) is 0 Å². The number of likely N-dealkylation sites (tertiary alicyclic amines) is 1. The van der Waals surface area contributed by atoms with Crippen molar-refractivity contribution in [3.63, 3.8) is 0 Å². The minimum Gasteiger partial charge on any atom is -0.341 e. The lowest BCUT2D eigenvalue weighted by atomic mass is 9.82. The van der Waals surface area contributed by atoms with Gasteiger partial charge in [0.1, 0.15) is 0 Å². The van der Waals surface area contributed by atoms with Crippen molar-refractivity contribution in [1.29, 1.82) is 0 Å². The summed E-state index contributed by atoms with van der Waals surface area (Å²) in [5.41, 5.74) is 5.77. The molecule has 8 nitrogen and oxygen atoms in total. The summed E-state index contributed by atoms with van der Waals surface area (Å²) in [6, 6.07) is 14.6. The molecule has 0 aliphatic carbocycles. The van der Waals surface area contributed by atoms with E-state index < -0.39 is 5.41 Å². The molecule has 6 rings (SSSR count). The molecule has 0 radical (unpaired) electrons. The standard InChI is InChI=1S/C32H37BrN6O2/c1-32(2)28-22(5-3-6-26(28)37-30(32)41)10-13-25-24(33)19-35-31(38-25)36-23-11-8-20(9-12-23)21-14-17-39(18-15-21)29(40)27-7-4-16-34-27/h3,5-6,8-9,11-12,19,21,27,34H,4,7,10,13-18H2,1-2H3,(H,37,41)(H,35,36,38). The molecule has 0 saturated carbocycles. The molecule has 3 aliphatic heterocycles. The highest BCUT2D eigenvalue weighted by molar-refractivity contribution is 9.10. The number of piperidine rings is 1. The van der Waals surface area contributed by atoms with Gasteiger partial charge in [0.25, 0.3) is 0 Å². The predicted molar refractivity (Wildman–Crippen MR) is 165 cm³/mol. The SMILES string of the molecule is CC1(C)C(=O)Nc2cccc(CCc3nc(Nc4ccc(C5CCN(C(=O)C6CCCN6)CC5)cc4)ncc3Br)c21. The minimum atomic E-state index is -0.547. The zero-order chi connectivity index (χ0) is 28.6. The zero-order valence-electron chi connectivity index (χ0n) is 23.7. The second-order valence-electron chi connectivity index (χ2n) is 11.9. The average molecular weight is 618 g/mol. The number of amides is 2. The second-order valence-corrected chi connectivity index (χ2v) is 12.8. The zero-order valence-corrected chi connectivity index (χ0v) is 25.3. The Morgan fingerprint density at radius 3 is 2.61 bits per heavy atom. The average Bonchev–Trinajstić information content (AvgIpc) is 3.60. The number of hydrogen-bond acceptors (Lipinski definition) is 6. The summed E-state index contributed by atoms with van der Waals surface area (Å²) in [6.07, 6.45) is 7.33. The van der Waals surface area contributed by atoms with Gasteiger partial charge < -0.3 is 20.9 Å². The van der Waals surface area contributed by atoms with Crippen LogP contribution in [0.25, 0.3) is 0 Å². The monoisotopic (exact) mass is 616 g/mol. The summed E-state index contributed by atoms with van der Waals surface area (Å²) in [5.74, 6) is 1.34. The Kier molecular flexibility index (Phi) is 7.83. The summed E-state index contributed by atoms with van der Waals surface area (Å²) in [6.45, 7) is 6.56. The van der Waals surface area contributed by atoms with Crippen LogP contribution < -0.4 is 16.0 Å². The van der Waals surface area contributed by atoms with Crippen LogP contribution in [0.2, 0.25) is 0 Å². The smallest absolute Gasteiger partial charge is 0.239 e. The van der Waals surface area contributed by atoms with Gasteiger partial charge in [0.05, 0.1) is 21.6 Å². The van der Waals surface area contributed by atoms with E-state index in [9.17, 15) is 9.59 Å². The van der Waals surface area contributed by atoms with Crippen LogP contribution in [0.3, 0.4) is 0 Å². The first-order chi connectivity index (χ1) is 19.8.